The van der Waals surface area contributed by atoms with Crippen molar-refractivity contribution in [2.75, 3.05) is 18.5 Å². The Balaban J connectivity index is 2.93. The van der Waals surface area contributed by atoms with Gasteiger partial charge in [0.25, 0.3) is 0 Å². The van der Waals surface area contributed by atoms with Crippen LogP contribution in [0.4, 0.5) is 5.69 Å². The average Bonchev–Trinajstić information content (AvgIpc) is 2.08. The normalized spacial score (nSPS) is 9.93. The molecule has 0 saturated heterocycles. The van der Waals surface area contributed by atoms with Crippen LogP contribution in [0.2, 0.25) is 10.3 Å². The van der Waals surface area contributed by atoms with Crippen LogP contribution in [0.25, 0.3) is 0 Å². The van der Waals surface area contributed by atoms with Crippen LogP contribution in [0, 0.1) is 0 Å². The highest BCUT2D eigenvalue weighted by molar-refractivity contribution is 6.33. The fourth-order valence-electron chi connectivity index (χ4n) is 0.931. The Kier molecular flexibility index (Phi) is 3.49. The zero-order chi connectivity index (χ0) is 10.7. The first-order valence-corrected chi connectivity index (χ1v) is 4.44. The summed E-state index contributed by atoms with van der Waals surface area (Å²) in [5.41, 5.74) is 5.55. The Labute approximate surface area is 90.8 Å². The molecule has 76 valence electrons. The summed E-state index contributed by atoms with van der Waals surface area (Å²) in [5.74, 6) is -0.462. The number of aromatic nitrogens is 2. The highest BCUT2D eigenvalue weighted by atomic mass is 35.5. The van der Waals surface area contributed by atoms with Crippen LogP contribution in [-0.2, 0) is 4.79 Å². The van der Waals surface area contributed by atoms with E-state index in [4.69, 9.17) is 28.9 Å². The van der Waals surface area contributed by atoms with Crippen molar-refractivity contribution in [1.82, 2.24) is 10.2 Å². The van der Waals surface area contributed by atoms with Crippen molar-refractivity contribution in [3.63, 3.8) is 0 Å². The SMILES string of the molecule is CN(CC(N)=O)c1cc(Cl)nnc1Cl. The minimum atomic E-state index is -0.462. The summed E-state index contributed by atoms with van der Waals surface area (Å²) in [6, 6.07) is 1.51. The molecule has 14 heavy (non-hydrogen) atoms. The van der Waals surface area contributed by atoms with Crippen molar-refractivity contribution in [2.45, 2.75) is 0 Å². The molecule has 1 heterocycles. The molecule has 0 aliphatic heterocycles. The van der Waals surface area contributed by atoms with E-state index in [1.165, 1.54) is 6.07 Å². The van der Waals surface area contributed by atoms with Crippen LogP contribution in [0.15, 0.2) is 6.07 Å². The third-order valence-corrected chi connectivity index (χ3v) is 1.96. The van der Waals surface area contributed by atoms with Gasteiger partial charge in [0.05, 0.1) is 12.2 Å². The molecule has 0 radical (unpaired) electrons. The first kappa shape index (κ1) is 11.0. The lowest BCUT2D eigenvalue weighted by atomic mass is 10.4. The van der Waals surface area contributed by atoms with Gasteiger partial charge in [0.1, 0.15) is 0 Å². The molecule has 0 spiro atoms. The Morgan fingerprint density at radius 3 is 2.79 bits per heavy atom. The molecule has 0 fully saturated rings. The summed E-state index contributed by atoms with van der Waals surface area (Å²) < 4.78 is 0. The van der Waals surface area contributed by atoms with Gasteiger partial charge in [0.2, 0.25) is 5.91 Å². The van der Waals surface area contributed by atoms with Crippen LogP contribution >= 0.6 is 23.2 Å². The number of nitrogens with two attached hydrogens (primary N) is 1. The Hall–Kier alpha value is -1.07. The average molecular weight is 235 g/mol. The molecule has 5 nitrogen and oxygen atoms in total. The van der Waals surface area contributed by atoms with E-state index in [0.29, 0.717) is 5.69 Å². The quantitative estimate of drug-likeness (QED) is 0.837. The number of likely N-dealkylation sites (N-methyl/N-ethyl adjacent to an activating group) is 1. The molecule has 0 unspecified atom stereocenters. The van der Waals surface area contributed by atoms with E-state index in [0.717, 1.165) is 0 Å². The van der Waals surface area contributed by atoms with Crippen LogP contribution < -0.4 is 10.6 Å². The van der Waals surface area contributed by atoms with Crippen molar-refractivity contribution in [3.05, 3.63) is 16.4 Å². The Bertz CT molecular complexity index is 358. The second-order valence-electron chi connectivity index (χ2n) is 2.67. The van der Waals surface area contributed by atoms with Gasteiger partial charge in [0, 0.05) is 13.1 Å². The van der Waals surface area contributed by atoms with E-state index in [1.807, 2.05) is 0 Å². The van der Waals surface area contributed by atoms with Gasteiger partial charge in [-0.1, -0.05) is 23.2 Å². The molecule has 1 rings (SSSR count). The maximum atomic E-state index is 10.6. The number of hydrogen-bond acceptors (Lipinski definition) is 4. The minimum absolute atomic E-state index is 0.0434. The first-order chi connectivity index (χ1) is 6.50. The van der Waals surface area contributed by atoms with Gasteiger partial charge in [-0.05, 0) is 0 Å². The highest BCUT2D eigenvalue weighted by Gasteiger charge is 2.10. The van der Waals surface area contributed by atoms with E-state index in [2.05, 4.69) is 10.2 Å². The summed E-state index contributed by atoms with van der Waals surface area (Å²) in [6.45, 7) is 0.0434. The Morgan fingerprint density at radius 1 is 1.57 bits per heavy atom. The standard InChI is InChI=1S/C7H8Cl2N4O/c1-13(3-6(10)14)4-2-5(8)11-12-7(4)9/h2H,3H2,1H3,(H2,10,14). The minimum Gasteiger partial charge on any atom is -0.368 e. The second-order valence-corrected chi connectivity index (χ2v) is 3.41. The zero-order valence-corrected chi connectivity index (χ0v) is 8.88. The first-order valence-electron chi connectivity index (χ1n) is 3.69. The highest BCUT2D eigenvalue weighted by Crippen LogP contribution is 2.23. The van der Waals surface area contributed by atoms with Gasteiger partial charge < -0.3 is 10.6 Å². The molecule has 0 bridgehead atoms. The lowest BCUT2D eigenvalue weighted by Crippen LogP contribution is -2.30. The Morgan fingerprint density at radius 2 is 2.21 bits per heavy atom. The number of rotatable bonds is 3. The lowest BCUT2D eigenvalue weighted by molar-refractivity contribution is -0.116. The number of amides is 1. The topological polar surface area (TPSA) is 72.1 Å². The third-order valence-electron chi connectivity index (χ3n) is 1.50. The van der Waals surface area contributed by atoms with E-state index >= 15 is 0 Å². The molecular weight excluding hydrogens is 227 g/mol. The van der Waals surface area contributed by atoms with Crippen molar-refractivity contribution in [3.8, 4) is 0 Å². The number of carbonyl (C=O) groups excluding carboxylic acids is 1. The maximum absolute atomic E-state index is 10.6. The lowest BCUT2D eigenvalue weighted by Gasteiger charge is -2.17. The summed E-state index contributed by atoms with van der Waals surface area (Å²) in [5, 5.41) is 7.53. The molecule has 0 aliphatic rings. The smallest absolute Gasteiger partial charge is 0.236 e. The molecule has 1 amide bonds. The van der Waals surface area contributed by atoms with Gasteiger partial charge >= 0.3 is 0 Å². The van der Waals surface area contributed by atoms with E-state index < -0.39 is 5.91 Å². The van der Waals surface area contributed by atoms with E-state index in [9.17, 15) is 4.79 Å². The van der Waals surface area contributed by atoms with E-state index in [1.54, 1.807) is 11.9 Å². The molecule has 0 atom stereocenters. The number of nitrogens with zero attached hydrogens (tertiary/aromatic N) is 3. The van der Waals surface area contributed by atoms with Crippen molar-refractivity contribution in [2.24, 2.45) is 5.73 Å². The van der Waals surface area contributed by atoms with Gasteiger partial charge in [-0.3, -0.25) is 4.79 Å². The van der Waals surface area contributed by atoms with Crippen LogP contribution in [0.1, 0.15) is 0 Å². The fourth-order valence-corrected chi connectivity index (χ4v) is 1.31. The number of anilines is 1. The van der Waals surface area contributed by atoms with Gasteiger partial charge in [-0.15, -0.1) is 10.2 Å². The third kappa shape index (κ3) is 2.71. The summed E-state index contributed by atoms with van der Waals surface area (Å²) in [7, 11) is 1.66. The van der Waals surface area contributed by atoms with Crippen molar-refractivity contribution < 1.29 is 4.79 Å². The molecular formula is C7H8Cl2N4O. The molecule has 0 aromatic carbocycles. The van der Waals surface area contributed by atoms with Gasteiger partial charge in [-0.2, -0.15) is 0 Å². The van der Waals surface area contributed by atoms with Gasteiger partial charge in [0.15, 0.2) is 10.3 Å². The molecule has 7 heteroatoms. The van der Waals surface area contributed by atoms with Crippen molar-refractivity contribution in [1.29, 1.82) is 0 Å². The number of carbonyl (C=O) groups is 1. The molecule has 0 saturated carbocycles. The van der Waals surface area contributed by atoms with Gasteiger partial charge in [-0.25, -0.2) is 0 Å². The summed E-state index contributed by atoms with van der Waals surface area (Å²) in [4.78, 5) is 12.2. The number of hydrogen-bond donors (Lipinski definition) is 1. The van der Waals surface area contributed by atoms with Crippen molar-refractivity contribution >= 4 is 34.8 Å². The largest absolute Gasteiger partial charge is 0.368 e. The van der Waals surface area contributed by atoms with Crippen LogP contribution in [0.5, 0.6) is 0 Å². The zero-order valence-electron chi connectivity index (χ0n) is 7.37. The monoisotopic (exact) mass is 234 g/mol. The molecule has 0 aliphatic carbocycles. The second kappa shape index (κ2) is 4.43. The molecule has 1 aromatic rings. The number of primary amides is 1. The summed E-state index contributed by atoms with van der Waals surface area (Å²) >= 11 is 11.4. The molecule has 1 aromatic heterocycles. The van der Waals surface area contributed by atoms with Crippen LogP contribution in [0.3, 0.4) is 0 Å². The number of halogens is 2. The van der Waals surface area contributed by atoms with Crippen LogP contribution in [-0.4, -0.2) is 29.7 Å². The maximum Gasteiger partial charge on any atom is 0.236 e. The van der Waals surface area contributed by atoms with E-state index in [-0.39, 0.29) is 16.9 Å². The summed E-state index contributed by atoms with van der Waals surface area (Å²) in [6.07, 6.45) is 0. The predicted molar refractivity (Wildman–Crippen MR) is 54.5 cm³/mol. The predicted octanol–water partition coefficient (Wildman–Crippen LogP) is 0.705. The fraction of sp³-hybridized carbons (Fsp3) is 0.286. The molecule has 2 N–H and O–H groups in total.